The van der Waals surface area contributed by atoms with E-state index in [2.05, 4.69) is 10.8 Å². The second kappa shape index (κ2) is 16.1. The van der Waals surface area contributed by atoms with Crippen LogP contribution >= 0.6 is 0 Å². The number of amides is 1. The van der Waals surface area contributed by atoms with E-state index in [0.717, 1.165) is 0 Å². The predicted molar refractivity (Wildman–Crippen MR) is 143 cm³/mol. The SMILES string of the molecule is CON[C@@H]1C[C@@H](O[C@H]2O[C@H](CO)[C@@H](O)[C@H](N)[C@H]2O)[C@H](NC(=O)[C@@H](O)CCN)C[C@H](N)[C@H]1O[C@H]1O[C@H](CN)CC[C@H]1N. The van der Waals surface area contributed by atoms with Crippen molar-refractivity contribution < 1.29 is 49.0 Å². The molecule has 0 unspecified atom stereocenters. The molecule has 41 heavy (non-hydrogen) atoms. The van der Waals surface area contributed by atoms with Gasteiger partial charge in [0.1, 0.15) is 24.4 Å². The van der Waals surface area contributed by atoms with Crippen molar-refractivity contribution in [1.82, 2.24) is 10.8 Å². The smallest absolute Gasteiger partial charge is 0.249 e. The average Bonchev–Trinajstić information content (AvgIpc) is 3.06. The Kier molecular flexibility index (Phi) is 13.5. The molecule has 17 heteroatoms. The normalized spacial score (nSPS) is 42.8. The van der Waals surface area contributed by atoms with E-state index >= 15 is 0 Å². The summed E-state index contributed by atoms with van der Waals surface area (Å²) in [7, 11) is 1.42. The Morgan fingerprint density at radius 2 is 1.73 bits per heavy atom. The third-order valence-electron chi connectivity index (χ3n) is 7.92. The zero-order valence-corrected chi connectivity index (χ0v) is 23.4. The van der Waals surface area contributed by atoms with Crippen LogP contribution in [0.1, 0.15) is 32.1 Å². The second-order valence-corrected chi connectivity index (χ2v) is 10.9. The van der Waals surface area contributed by atoms with Crippen LogP contribution in [0.25, 0.3) is 0 Å². The lowest BCUT2D eigenvalue weighted by molar-refractivity contribution is -0.292. The van der Waals surface area contributed by atoms with Crippen LogP contribution in [0.5, 0.6) is 0 Å². The Balaban J connectivity index is 1.88. The maximum Gasteiger partial charge on any atom is 0.249 e. The molecule has 2 aliphatic heterocycles. The Hall–Kier alpha value is -1.13. The number of hydrogen-bond acceptors (Lipinski definition) is 16. The molecule has 0 spiro atoms. The summed E-state index contributed by atoms with van der Waals surface area (Å²) in [5, 5.41) is 43.6. The first kappa shape index (κ1) is 34.4. The van der Waals surface area contributed by atoms with Gasteiger partial charge in [0.25, 0.3) is 0 Å². The summed E-state index contributed by atoms with van der Waals surface area (Å²) in [6.07, 6.45) is -7.81. The lowest BCUT2D eigenvalue weighted by Crippen LogP contribution is -2.64. The van der Waals surface area contributed by atoms with Crippen LogP contribution in [-0.4, -0.2) is 139 Å². The largest absolute Gasteiger partial charge is 0.394 e. The van der Waals surface area contributed by atoms with E-state index in [9.17, 15) is 25.2 Å². The quantitative estimate of drug-likeness (QED) is 0.0739. The topological polar surface area (TPSA) is 298 Å². The molecule has 240 valence electrons. The van der Waals surface area contributed by atoms with Gasteiger partial charge in [0.2, 0.25) is 5.91 Å². The highest BCUT2D eigenvalue weighted by atomic mass is 16.7. The number of aliphatic hydroxyl groups excluding tert-OH is 4. The van der Waals surface area contributed by atoms with E-state index in [1.807, 2.05) is 0 Å². The van der Waals surface area contributed by atoms with Gasteiger partial charge in [-0.15, -0.1) is 0 Å². The summed E-state index contributed by atoms with van der Waals surface area (Å²) in [5.74, 6) is -0.689. The molecule has 0 aromatic rings. The molecule has 14 atom stereocenters. The molecule has 0 radical (unpaired) electrons. The molecule has 1 saturated carbocycles. The second-order valence-electron chi connectivity index (χ2n) is 10.9. The van der Waals surface area contributed by atoms with E-state index in [4.69, 9.17) is 52.5 Å². The number of rotatable bonds is 12. The summed E-state index contributed by atoms with van der Waals surface area (Å²) in [6, 6.07) is -3.79. The fourth-order valence-electron chi connectivity index (χ4n) is 5.49. The minimum Gasteiger partial charge on any atom is -0.394 e. The van der Waals surface area contributed by atoms with Gasteiger partial charge in [0.05, 0.1) is 56.2 Å². The highest BCUT2D eigenvalue weighted by Crippen LogP contribution is 2.30. The molecule has 0 aromatic heterocycles. The van der Waals surface area contributed by atoms with Crippen molar-refractivity contribution in [1.29, 1.82) is 0 Å². The van der Waals surface area contributed by atoms with Gasteiger partial charge in [-0.3, -0.25) is 4.79 Å². The van der Waals surface area contributed by atoms with Crippen molar-refractivity contribution in [2.45, 2.75) is 118 Å². The molecule has 1 amide bonds. The van der Waals surface area contributed by atoms with Crippen molar-refractivity contribution in [2.24, 2.45) is 28.7 Å². The van der Waals surface area contributed by atoms with Crippen LogP contribution in [0.4, 0.5) is 0 Å². The van der Waals surface area contributed by atoms with E-state index in [-0.39, 0.29) is 31.9 Å². The number of hydrogen-bond donors (Lipinski definition) is 11. The molecular weight excluding hydrogens is 546 g/mol. The van der Waals surface area contributed by atoms with Gasteiger partial charge in [-0.05, 0) is 38.6 Å². The first-order valence-electron chi connectivity index (χ1n) is 14.1. The van der Waals surface area contributed by atoms with Crippen molar-refractivity contribution in [3.63, 3.8) is 0 Å². The molecular formula is C24H49N7O10. The molecule has 3 rings (SSSR count). The Bertz CT molecular complexity index is 804. The number of carbonyl (C=O) groups excluding carboxylic acids is 1. The maximum atomic E-state index is 12.8. The van der Waals surface area contributed by atoms with Crippen molar-refractivity contribution in [3.05, 3.63) is 0 Å². The molecule has 2 saturated heterocycles. The molecule has 2 heterocycles. The number of nitrogens with one attached hydrogen (secondary N) is 2. The van der Waals surface area contributed by atoms with Gasteiger partial charge in [0, 0.05) is 12.6 Å². The minimum absolute atomic E-state index is 0.0321. The molecule has 1 aliphatic carbocycles. The third kappa shape index (κ3) is 8.71. The Morgan fingerprint density at radius 3 is 2.37 bits per heavy atom. The lowest BCUT2D eigenvalue weighted by Gasteiger charge is -2.42. The molecule has 0 aromatic carbocycles. The van der Waals surface area contributed by atoms with Crippen LogP contribution in [0.15, 0.2) is 0 Å². The monoisotopic (exact) mass is 595 g/mol. The first-order valence-corrected chi connectivity index (χ1v) is 14.1. The number of ether oxygens (including phenoxy) is 4. The molecule has 3 aliphatic rings. The zero-order chi connectivity index (χ0) is 30.3. The van der Waals surface area contributed by atoms with Gasteiger partial charge in [-0.25, -0.2) is 0 Å². The molecule has 17 nitrogen and oxygen atoms in total. The summed E-state index contributed by atoms with van der Waals surface area (Å²) >= 11 is 0. The maximum absolute atomic E-state index is 12.8. The molecule has 3 fully saturated rings. The van der Waals surface area contributed by atoms with Gasteiger partial charge in [-0.2, -0.15) is 5.48 Å². The molecule has 0 bridgehead atoms. The summed E-state index contributed by atoms with van der Waals surface area (Å²) in [5.41, 5.74) is 33.1. The fourth-order valence-corrected chi connectivity index (χ4v) is 5.49. The van der Waals surface area contributed by atoms with Crippen LogP contribution in [0.2, 0.25) is 0 Å². The van der Waals surface area contributed by atoms with Crippen molar-refractivity contribution >= 4 is 5.91 Å². The zero-order valence-electron chi connectivity index (χ0n) is 23.4. The summed E-state index contributed by atoms with van der Waals surface area (Å²) in [4.78, 5) is 18.1. The number of hydroxylamine groups is 1. The van der Waals surface area contributed by atoms with Gasteiger partial charge in [0.15, 0.2) is 12.6 Å². The average molecular weight is 596 g/mol. The van der Waals surface area contributed by atoms with Crippen molar-refractivity contribution in [2.75, 3.05) is 26.8 Å². The standard InChI is InChI=1S/C24H49N7O10/c1-37-31-14-7-16(39-24-20(35)18(29)19(34)17(9-32)40-24)13(30-22(36)15(33)4-5-25)6-12(28)21(14)41-23-11(27)3-2-10(8-26)38-23/h10-21,23-24,31-35H,2-9,25-29H2,1H3,(H,30,36)/t10-,11+,12-,13+,14+,15-,16+,17+,18-,19+,20+,21+,23+,24-/m0/s1. The summed E-state index contributed by atoms with van der Waals surface area (Å²) in [6.45, 7) is -0.185. The van der Waals surface area contributed by atoms with Crippen LogP contribution in [0, 0.1) is 0 Å². The van der Waals surface area contributed by atoms with Crippen LogP contribution < -0.4 is 39.5 Å². The summed E-state index contributed by atoms with van der Waals surface area (Å²) < 4.78 is 24.1. The minimum atomic E-state index is -1.47. The van der Waals surface area contributed by atoms with Gasteiger partial charge in [-0.1, -0.05) is 0 Å². The van der Waals surface area contributed by atoms with E-state index < -0.39 is 91.9 Å². The fraction of sp³-hybridized carbons (Fsp3) is 0.958. The van der Waals surface area contributed by atoms with Gasteiger partial charge >= 0.3 is 0 Å². The van der Waals surface area contributed by atoms with Gasteiger partial charge < -0.3 is 78.2 Å². The highest BCUT2D eigenvalue weighted by Gasteiger charge is 2.48. The van der Waals surface area contributed by atoms with Crippen molar-refractivity contribution in [3.8, 4) is 0 Å². The Labute approximate surface area is 239 Å². The third-order valence-corrected chi connectivity index (χ3v) is 7.92. The van der Waals surface area contributed by atoms with Crippen LogP contribution in [0.3, 0.4) is 0 Å². The molecule has 16 N–H and O–H groups in total. The van der Waals surface area contributed by atoms with Crippen LogP contribution in [-0.2, 0) is 28.6 Å². The Morgan fingerprint density at radius 1 is 1.00 bits per heavy atom. The highest BCUT2D eigenvalue weighted by molar-refractivity contribution is 5.80. The number of aliphatic hydroxyl groups is 4. The first-order chi connectivity index (χ1) is 19.5. The van der Waals surface area contributed by atoms with E-state index in [1.54, 1.807) is 0 Å². The van der Waals surface area contributed by atoms with E-state index in [1.165, 1.54) is 7.11 Å². The lowest BCUT2D eigenvalue weighted by atomic mass is 9.97. The van der Waals surface area contributed by atoms with E-state index in [0.29, 0.717) is 19.4 Å². The number of carbonyl (C=O) groups is 1. The predicted octanol–water partition coefficient (Wildman–Crippen LogP) is -5.85. The number of nitrogens with two attached hydrogens (primary N) is 5.